The molecule has 0 aliphatic rings. The maximum Gasteiger partial charge on any atom is 0.374 e. The summed E-state index contributed by atoms with van der Waals surface area (Å²) in [7, 11) is 0. The van der Waals surface area contributed by atoms with Crippen LogP contribution in [0, 0.1) is 0 Å². The fourth-order valence-electron chi connectivity index (χ4n) is 1.63. The average molecular weight is 229 g/mol. The Bertz CT molecular complexity index is 699. The molecule has 1 N–H and O–H groups in total. The number of pyridine rings is 1. The minimum absolute atomic E-state index is 0.185. The van der Waals surface area contributed by atoms with Crippen LogP contribution in [0.4, 0.5) is 0 Å². The van der Waals surface area contributed by atoms with Crippen LogP contribution < -0.4 is 0 Å². The summed E-state index contributed by atoms with van der Waals surface area (Å²) >= 11 is 0. The lowest BCUT2D eigenvalue weighted by Gasteiger charge is -1.92. The topological polar surface area (TPSA) is 80.6 Å². The number of carbonyl (C=O) groups is 1. The van der Waals surface area contributed by atoms with E-state index < -0.39 is 5.97 Å². The number of aromatic nitrogens is 3. The van der Waals surface area contributed by atoms with Gasteiger partial charge in [-0.2, -0.15) is 5.10 Å². The lowest BCUT2D eigenvalue weighted by atomic mass is 10.2. The Kier molecular flexibility index (Phi) is 1.94. The second-order valence-corrected chi connectivity index (χ2v) is 3.47. The first-order valence-corrected chi connectivity index (χ1v) is 4.88. The van der Waals surface area contributed by atoms with Crippen LogP contribution in [0.25, 0.3) is 16.8 Å². The summed E-state index contributed by atoms with van der Waals surface area (Å²) in [5, 5.41) is 16.6. The highest BCUT2D eigenvalue weighted by Crippen LogP contribution is 2.23. The van der Waals surface area contributed by atoms with Gasteiger partial charge in [-0.15, -0.1) is 0 Å². The summed E-state index contributed by atoms with van der Waals surface area (Å²) in [6.45, 7) is 0. The van der Waals surface area contributed by atoms with Gasteiger partial charge in [0.2, 0.25) is 5.76 Å². The van der Waals surface area contributed by atoms with E-state index in [1.54, 1.807) is 16.9 Å². The Labute approximate surface area is 95.1 Å². The molecule has 0 unspecified atom stereocenters. The molecule has 3 heterocycles. The fraction of sp³-hybridized carbons (Fsp3) is 0. The second kappa shape index (κ2) is 3.44. The number of carboxylic acid groups (broad SMARTS) is 1. The standard InChI is InChI=1S/C11H7N3O3/c15-11(16)10-5-8(13-17-10)7-6-12-14-4-2-1-3-9(7)14/h1-6H,(H,15,16). The van der Waals surface area contributed by atoms with Gasteiger partial charge in [-0.05, 0) is 12.1 Å². The van der Waals surface area contributed by atoms with E-state index in [-0.39, 0.29) is 5.76 Å². The predicted octanol–water partition coefficient (Wildman–Crippen LogP) is 1.69. The van der Waals surface area contributed by atoms with Gasteiger partial charge < -0.3 is 9.63 Å². The molecule has 6 nitrogen and oxygen atoms in total. The third kappa shape index (κ3) is 1.46. The Morgan fingerprint density at radius 3 is 3.06 bits per heavy atom. The second-order valence-electron chi connectivity index (χ2n) is 3.47. The van der Waals surface area contributed by atoms with Crippen molar-refractivity contribution >= 4 is 11.5 Å². The molecule has 0 fully saturated rings. The first kappa shape index (κ1) is 9.59. The third-order valence-electron chi connectivity index (χ3n) is 2.42. The highest BCUT2D eigenvalue weighted by Gasteiger charge is 2.15. The largest absolute Gasteiger partial charge is 0.475 e. The average Bonchev–Trinajstić information content (AvgIpc) is 2.95. The maximum absolute atomic E-state index is 10.7. The monoisotopic (exact) mass is 229 g/mol. The van der Waals surface area contributed by atoms with Gasteiger partial charge >= 0.3 is 5.97 Å². The molecule has 0 saturated heterocycles. The summed E-state index contributed by atoms with van der Waals surface area (Å²) in [6, 6.07) is 6.98. The molecule has 0 saturated carbocycles. The van der Waals surface area contributed by atoms with Gasteiger partial charge in [-0.1, -0.05) is 11.2 Å². The van der Waals surface area contributed by atoms with Crippen LogP contribution in [0.1, 0.15) is 10.6 Å². The van der Waals surface area contributed by atoms with Crippen LogP contribution in [0.3, 0.4) is 0 Å². The van der Waals surface area contributed by atoms with Crippen molar-refractivity contribution in [3.05, 3.63) is 42.4 Å². The van der Waals surface area contributed by atoms with Crippen LogP contribution in [-0.4, -0.2) is 25.8 Å². The smallest absolute Gasteiger partial charge is 0.374 e. The van der Waals surface area contributed by atoms with E-state index in [0.29, 0.717) is 5.69 Å². The van der Waals surface area contributed by atoms with Gasteiger partial charge in [0.25, 0.3) is 0 Å². The van der Waals surface area contributed by atoms with Crippen molar-refractivity contribution in [2.24, 2.45) is 0 Å². The first-order chi connectivity index (χ1) is 8.25. The van der Waals surface area contributed by atoms with Gasteiger partial charge in [0.15, 0.2) is 0 Å². The molecule has 84 valence electrons. The number of hydrogen-bond acceptors (Lipinski definition) is 4. The SMILES string of the molecule is O=C(O)c1cc(-c2cnn3ccccc23)no1. The Morgan fingerprint density at radius 2 is 2.29 bits per heavy atom. The summed E-state index contributed by atoms with van der Waals surface area (Å²) < 4.78 is 6.40. The molecule has 0 aliphatic carbocycles. The number of nitrogens with zero attached hydrogens (tertiary/aromatic N) is 3. The molecule has 0 radical (unpaired) electrons. The van der Waals surface area contributed by atoms with Crippen LogP contribution >= 0.6 is 0 Å². The van der Waals surface area contributed by atoms with E-state index in [4.69, 9.17) is 9.63 Å². The Morgan fingerprint density at radius 1 is 1.41 bits per heavy atom. The van der Waals surface area contributed by atoms with Crippen molar-refractivity contribution < 1.29 is 14.4 Å². The molecule has 3 rings (SSSR count). The van der Waals surface area contributed by atoms with Crippen LogP contribution in [0.15, 0.2) is 41.2 Å². The normalized spacial score (nSPS) is 10.8. The molecule has 0 atom stereocenters. The molecule has 6 heteroatoms. The van der Waals surface area contributed by atoms with E-state index in [1.807, 2.05) is 18.2 Å². The molecular weight excluding hydrogens is 222 g/mol. The molecule has 0 aliphatic heterocycles. The highest BCUT2D eigenvalue weighted by molar-refractivity contribution is 5.87. The van der Waals surface area contributed by atoms with Crippen molar-refractivity contribution in [2.45, 2.75) is 0 Å². The molecule has 0 aromatic carbocycles. The van der Waals surface area contributed by atoms with Gasteiger partial charge in [0.05, 0.1) is 11.7 Å². The first-order valence-electron chi connectivity index (χ1n) is 4.88. The van der Waals surface area contributed by atoms with Gasteiger partial charge in [0.1, 0.15) is 5.69 Å². The van der Waals surface area contributed by atoms with Crippen molar-refractivity contribution in [1.82, 2.24) is 14.8 Å². The third-order valence-corrected chi connectivity index (χ3v) is 2.42. The van der Waals surface area contributed by atoms with Gasteiger partial charge in [-0.25, -0.2) is 9.31 Å². The minimum atomic E-state index is -1.14. The van der Waals surface area contributed by atoms with E-state index in [1.165, 1.54) is 6.07 Å². The van der Waals surface area contributed by atoms with Crippen LogP contribution in [0.5, 0.6) is 0 Å². The number of hydrogen-bond donors (Lipinski definition) is 1. The van der Waals surface area contributed by atoms with E-state index in [2.05, 4.69) is 10.3 Å². The zero-order valence-corrected chi connectivity index (χ0v) is 8.57. The number of aromatic carboxylic acids is 1. The Balaban J connectivity index is 2.17. The molecule has 0 bridgehead atoms. The Hall–Kier alpha value is -2.63. The maximum atomic E-state index is 10.7. The van der Waals surface area contributed by atoms with Gasteiger partial charge in [-0.3, -0.25) is 0 Å². The van der Waals surface area contributed by atoms with Gasteiger partial charge in [0, 0.05) is 17.8 Å². The number of rotatable bonds is 2. The van der Waals surface area contributed by atoms with E-state index in [0.717, 1.165) is 11.1 Å². The van der Waals surface area contributed by atoms with E-state index >= 15 is 0 Å². The summed E-state index contributed by atoms with van der Waals surface area (Å²) in [5.74, 6) is -1.32. The highest BCUT2D eigenvalue weighted by atomic mass is 16.5. The number of carboxylic acids is 1. The molecule has 3 aromatic rings. The molecule has 3 aromatic heterocycles. The molecule has 0 spiro atoms. The minimum Gasteiger partial charge on any atom is -0.475 e. The lowest BCUT2D eigenvalue weighted by Crippen LogP contribution is -1.91. The van der Waals surface area contributed by atoms with Crippen LogP contribution in [0.2, 0.25) is 0 Å². The zero-order valence-electron chi connectivity index (χ0n) is 8.57. The predicted molar refractivity (Wildman–Crippen MR) is 57.6 cm³/mol. The summed E-state index contributed by atoms with van der Waals surface area (Å²) in [6.07, 6.45) is 3.43. The van der Waals surface area contributed by atoms with Crippen molar-refractivity contribution in [3.63, 3.8) is 0 Å². The fourth-order valence-corrected chi connectivity index (χ4v) is 1.63. The van der Waals surface area contributed by atoms with Crippen molar-refractivity contribution in [3.8, 4) is 11.3 Å². The van der Waals surface area contributed by atoms with E-state index in [9.17, 15) is 4.79 Å². The zero-order chi connectivity index (χ0) is 11.8. The van der Waals surface area contributed by atoms with Crippen molar-refractivity contribution in [2.75, 3.05) is 0 Å². The number of fused-ring (bicyclic) bond motifs is 1. The summed E-state index contributed by atoms with van der Waals surface area (Å²) in [5.41, 5.74) is 2.04. The molecule has 0 amide bonds. The molecule has 17 heavy (non-hydrogen) atoms. The van der Waals surface area contributed by atoms with Crippen molar-refractivity contribution in [1.29, 1.82) is 0 Å². The summed E-state index contributed by atoms with van der Waals surface area (Å²) in [4.78, 5) is 10.7. The quantitative estimate of drug-likeness (QED) is 0.723. The van der Waals surface area contributed by atoms with Crippen LogP contribution in [-0.2, 0) is 0 Å². The molecular formula is C11H7N3O3. The lowest BCUT2D eigenvalue weighted by molar-refractivity contribution is 0.0652.